The van der Waals surface area contributed by atoms with Crippen LogP contribution in [-0.4, -0.2) is 32.0 Å². The molecule has 2 N–H and O–H groups in total. The van der Waals surface area contributed by atoms with Crippen molar-refractivity contribution in [3.05, 3.63) is 18.2 Å². The van der Waals surface area contributed by atoms with Gasteiger partial charge in [0, 0.05) is 24.7 Å². The molecule has 0 fully saturated rings. The summed E-state index contributed by atoms with van der Waals surface area (Å²) in [5.74, 6) is 1.24. The quantitative estimate of drug-likeness (QED) is 0.732. The third-order valence-corrected chi connectivity index (χ3v) is 3.20. The van der Waals surface area contributed by atoms with Crippen LogP contribution in [0.15, 0.2) is 18.2 Å². The lowest BCUT2D eigenvalue weighted by atomic mass is 9.88. The van der Waals surface area contributed by atoms with Gasteiger partial charge >= 0.3 is 0 Å². The summed E-state index contributed by atoms with van der Waals surface area (Å²) >= 11 is 0. The minimum absolute atomic E-state index is 0.0397. The molecule has 5 nitrogen and oxygen atoms in total. The van der Waals surface area contributed by atoms with Gasteiger partial charge in [0.25, 0.3) is 0 Å². The van der Waals surface area contributed by atoms with E-state index < -0.39 is 0 Å². The Labute approximate surface area is 126 Å². The van der Waals surface area contributed by atoms with Crippen molar-refractivity contribution in [2.75, 3.05) is 32.2 Å². The van der Waals surface area contributed by atoms with Gasteiger partial charge in [-0.05, 0) is 24.0 Å². The monoisotopic (exact) mass is 292 g/mol. The number of nitrogens with zero attached hydrogens (tertiary/aromatic N) is 1. The molecule has 0 aliphatic carbocycles. The van der Waals surface area contributed by atoms with E-state index in [1.807, 2.05) is 18.2 Å². The number of nitriles is 1. The highest BCUT2D eigenvalue weighted by Crippen LogP contribution is 2.31. The van der Waals surface area contributed by atoms with Crippen LogP contribution < -0.4 is 14.8 Å². The molecule has 0 saturated carbocycles. The first-order chi connectivity index (χ1) is 10.0. The number of methoxy groups -OCH3 is 1. The number of hydrogen-bond acceptors (Lipinski definition) is 5. The van der Waals surface area contributed by atoms with E-state index in [0.717, 1.165) is 18.7 Å². The second-order valence-electron chi connectivity index (χ2n) is 5.61. The van der Waals surface area contributed by atoms with Crippen LogP contribution in [0.3, 0.4) is 0 Å². The van der Waals surface area contributed by atoms with Crippen molar-refractivity contribution in [2.24, 2.45) is 5.41 Å². The first-order valence-corrected chi connectivity index (χ1v) is 7.05. The van der Waals surface area contributed by atoms with E-state index >= 15 is 0 Å². The molecule has 0 aromatic heterocycles. The van der Waals surface area contributed by atoms with Crippen LogP contribution in [0.25, 0.3) is 0 Å². The van der Waals surface area contributed by atoms with Gasteiger partial charge < -0.3 is 19.9 Å². The molecular weight excluding hydrogens is 268 g/mol. The number of aliphatic hydroxyl groups excluding tert-OH is 1. The third kappa shape index (κ3) is 5.92. The van der Waals surface area contributed by atoms with E-state index in [1.54, 1.807) is 7.11 Å². The van der Waals surface area contributed by atoms with Crippen LogP contribution in [0, 0.1) is 16.7 Å². The predicted octanol–water partition coefficient (Wildman–Crippen LogP) is 2.81. The summed E-state index contributed by atoms with van der Waals surface area (Å²) in [5.41, 5.74) is 0.968. The lowest BCUT2D eigenvalue weighted by Gasteiger charge is -2.24. The van der Waals surface area contributed by atoms with E-state index in [9.17, 15) is 0 Å². The fraction of sp³-hybridized carbons (Fsp3) is 0.562. The van der Waals surface area contributed by atoms with Crippen molar-refractivity contribution in [3.63, 3.8) is 0 Å². The normalized spacial score (nSPS) is 10.8. The van der Waals surface area contributed by atoms with Gasteiger partial charge in [-0.1, -0.05) is 13.8 Å². The Morgan fingerprint density at radius 2 is 2.10 bits per heavy atom. The van der Waals surface area contributed by atoms with E-state index in [1.165, 1.54) is 0 Å². The Morgan fingerprint density at radius 1 is 1.33 bits per heavy atom. The standard InChI is InChI=1S/C16H24N2O3/c1-16(2,7-4-8-17)12-18-13-5-6-14(20-3)15(11-13)21-10-9-19/h5-6,11,18-19H,4,7,9-10,12H2,1-3H3. The molecule has 0 amide bonds. The van der Waals surface area contributed by atoms with Crippen molar-refractivity contribution >= 4 is 5.69 Å². The summed E-state index contributed by atoms with van der Waals surface area (Å²) in [6.45, 7) is 5.21. The molecule has 0 saturated heterocycles. The average Bonchev–Trinajstić information content (AvgIpc) is 2.49. The number of nitrogens with one attached hydrogen (secondary N) is 1. The Morgan fingerprint density at radius 3 is 2.71 bits per heavy atom. The summed E-state index contributed by atoms with van der Waals surface area (Å²) in [6, 6.07) is 7.79. The van der Waals surface area contributed by atoms with Gasteiger partial charge in [0.1, 0.15) is 6.61 Å². The Kier molecular flexibility index (Phi) is 6.83. The first kappa shape index (κ1) is 17.1. The number of ether oxygens (including phenoxy) is 2. The van der Waals surface area contributed by atoms with E-state index in [0.29, 0.717) is 17.9 Å². The van der Waals surface area contributed by atoms with Crippen molar-refractivity contribution < 1.29 is 14.6 Å². The molecule has 1 aromatic carbocycles. The topological polar surface area (TPSA) is 74.5 Å². The van der Waals surface area contributed by atoms with Gasteiger partial charge in [-0.2, -0.15) is 5.26 Å². The molecule has 21 heavy (non-hydrogen) atoms. The summed E-state index contributed by atoms with van der Waals surface area (Å²) in [7, 11) is 1.58. The smallest absolute Gasteiger partial charge is 0.163 e. The van der Waals surface area contributed by atoms with Gasteiger partial charge in [-0.25, -0.2) is 0 Å². The molecule has 0 bridgehead atoms. The van der Waals surface area contributed by atoms with Gasteiger partial charge in [-0.3, -0.25) is 0 Å². The van der Waals surface area contributed by atoms with Gasteiger partial charge in [0.2, 0.25) is 0 Å². The molecule has 5 heteroatoms. The molecule has 1 aromatic rings. The SMILES string of the molecule is COc1ccc(NCC(C)(C)CCC#N)cc1OCCO. The average molecular weight is 292 g/mol. The molecule has 0 unspecified atom stereocenters. The summed E-state index contributed by atoms with van der Waals surface area (Å²) in [5, 5.41) is 20.9. The predicted molar refractivity (Wildman–Crippen MR) is 82.7 cm³/mol. The molecule has 0 spiro atoms. The maximum absolute atomic E-state index is 8.85. The second kappa shape index (κ2) is 8.38. The zero-order valence-corrected chi connectivity index (χ0v) is 13.0. The fourth-order valence-electron chi connectivity index (χ4n) is 1.88. The summed E-state index contributed by atoms with van der Waals surface area (Å²) in [4.78, 5) is 0. The minimum Gasteiger partial charge on any atom is -0.493 e. The van der Waals surface area contributed by atoms with Crippen molar-refractivity contribution in [1.29, 1.82) is 5.26 Å². The number of anilines is 1. The molecular formula is C16H24N2O3. The summed E-state index contributed by atoms with van der Waals surface area (Å²) < 4.78 is 10.7. The molecule has 1 rings (SSSR count). The van der Waals surface area contributed by atoms with Crippen LogP contribution in [-0.2, 0) is 0 Å². The van der Waals surface area contributed by atoms with Crippen LogP contribution in [0.2, 0.25) is 0 Å². The highest BCUT2D eigenvalue weighted by Gasteiger charge is 2.17. The first-order valence-electron chi connectivity index (χ1n) is 7.05. The second-order valence-corrected chi connectivity index (χ2v) is 5.61. The fourth-order valence-corrected chi connectivity index (χ4v) is 1.88. The van der Waals surface area contributed by atoms with Gasteiger partial charge in [0.15, 0.2) is 11.5 Å². The maximum atomic E-state index is 8.85. The molecule has 116 valence electrons. The highest BCUT2D eigenvalue weighted by atomic mass is 16.5. The highest BCUT2D eigenvalue weighted by molar-refractivity contribution is 5.54. The molecule has 0 heterocycles. The maximum Gasteiger partial charge on any atom is 0.163 e. The zero-order chi connectivity index (χ0) is 15.7. The molecule has 0 atom stereocenters. The van der Waals surface area contributed by atoms with Crippen LogP contribution >= 0.6 is 0 Å². The number of hydrogen-bond donors (Lipinski definition) is 2. The van der Waals surface area contributed by atoms with Crippen molar-refractivity contribution in [1.82, 2.24) is 0 Å². The third-order valence-electron chi connectivity index (χ3n) is 3.20. The van der Waals surface area contributed by atoms with Crippen LogP contribution in [0.5, 0.6) is 11.5 Å². The van der Waals surface area contributed by atoms with E-state index in [-0.39, 0.29) is 18.6 Å². The number of aliphatic hydroxyl groups is 1. The van der Waals surface area contributed by atoms with Crippen LogP contribution in [0.1, 0.15) is 26.7 Å². The lowest BCUT2D eigenvalue weighted by Crippen LogP contribution is -2.22. The molecule has 0 aliphatic rings. The number of benzene rings is 1. The van der Waals surface area contributed by atoms with Crippen molar-refractivity contribution in [2.45, 2.75) is 26.7 Å². The Hall–Kier alpha value is -1.93. The zero-order valence-electron chi connectivity index (χ0n) is 13.0. The van der Waals surface area contributed by atoms with E-state index in [4.69, 9.17) is 19.8 Å². The van der Waals surface area contributed by atoms with Gasteiger partial charge in [-0.15, -0.1) is 0 Å². The summed E-state index contributed by atoms with van der Waals surface area (Å²) in [6.07, 6.45) is 1.41. The molecule has 0 radical (unpaired) electrons. The van der Waals surface area contributed by atoms with Crippen LogP contribution in [0.4, 0.5) is 5.69 Å². The Balaban J connectivity index is 2.69. The van der Waals surface area contributed by atoms with Crippen molar-refractivity contribution in [3.8, 4) is 17.6 Å². The lowest BCUT2D eigenvalue weighted by molar-refractivity contribution is 0.196. The van der Waals surface area contributed by atoms with E-state index in [2.05, 4.69) is 25.2 Å². The number of rotatable bonds is 9. The molecule has 0 aliphatic heterocycles. The minimum atomic E-state index is -0.0397. The largest absolute Gasteiger partial charge is 0.493 e. The Bertz CT molecular complexity index is 481. The van der Waals surface area contributed by atoms with Gasteiger partial charge in [0.05, 0.1) is 19.8 Å².